The Hall–Kier alpha value is -1.57. The molecule has 0 saturated heterocycles. The molecule has 1 aliphatic rings. The van der Waals surface area contributed by atoms with Gasteiger partial charge in [0.25, 0.3) is 5.95 Å². The molecule has 0 radical (unpaired) electrons. The minimum atomic E-state index is -0.0225. The molecule has 0 bridgehead atoms. The number of thiocarbonyl (C=S) groups is 1. The number of carbonyl (C=O) groups excluding carboxylic acids is 1. The molecule has 1 amide bonds. The Morgan fingerprint density at radius 1 is 1.35 bits per heavy atom. The van der Waals surface area contributed by atoms with Gasteiger partial charge in [-0.2, -0.15) is 5.21 Å². The van der Waals surface area contributed by atoms with E-state index < -0.39 is 0 Å². The maximum absolute atomic E-state index is 11.8. The van der Waals surface area contributed by atoms with Crippen LogP contribution < -0.4 is 10.6 Å². The minimum absolute atomic E-state index is 0.0225. The maximum atomic E-state index is 11.8. The van der Waals surface area contributed by atoms with Crippen molar-refractivity contribution in [3.63, 3.8) is 0 Å². The van der Waals surface area contributed by atoms with Crippen molar-refractivity contribution in [1.29, 1.82) is 0 Å². The van der Waals surface area contributed by atoms with Gasteiger partial charge in [0.15, 0.2) is 5.11 Å². The lowest BCUT2D eigenvalue weighted by Crippen LogP contribution is -2.39. The molecule has 17 heavy (non-hydrogen) atoms. The molecule has 0 unspecified atom stereocenters. The summed E-state index contributed by atoms with van der Waals surface area (Å²) in [5.41, 5.74) is 0. The van der Waals surface area contributed by atoms with E-state index in [9.17, 15) is 4.79 Å². The van der Waals surface area contributed by atoms with Gasteiger partial charge in [-0.25, -0.2) is 0 Å². The summed E-state index contributed by atoms with van der Waals surface area (Å²) in [6, 6.07) is 0. The van der Waals surface area contributed by atoms with Crippen LogP contribution in [-0.2, 0) is 4.79 Å². The van der Waals surface area contributed by atoms with Crippen molar-refractivity contribution in [2.45, 2.75) is 32.1 Å². The van der Waals surface area contributed by atoms with Crippen molar-refractivity contribution >= 4 is 29.2 Å². The van der Waals surface area contributed by atoms with Crippen molar-refractivity contribution in [2.75, 3.05) is 5.32 Å². The Labute approximate surface area is 104 Å². The van der Waals surface area contributed by atoms with Gasteiger partial charge >= 0.3 is 0 Å². The van der Waals surface area contributed by atoms with E-state index in [1.807, 2.05) is 0 Å². The lowest BCUT2D eigenvalue weighted by Gasteiger charge is -2.20. The standard InChI is InChI=1S/C9H14N6OS/c16-7(6-4-2-1-3-5-6)10-9(17)11-8-12-14-15-13-8/h6H,1-5H2,(H3,10,11,12,13,14,15,16,17). The number of nitrogens with zero attached hydrogens (tertiary/aromatic N) is 3. The van der Waals surface area contributed by atoms with Gasteiger partial charge in [-0.05, 0) is 30.3 Å². The summed E-state index contributed by atoms with van der Waals surface area (Å²) in [7, 11) is 0. The van der Waals surface area contributed by atoms with Crippen molar-refractivity contribution in [2.24, 2.45) is 5.92 Å². The van der Waals surface area contributed by atoms with Crippen molar-refractivity contribution in [1.82, 2.24) is 25.9 Å². The fraction of sp³-hybridized carbons (Fsp3) is 0.667. The van der Waals surface area contributed by atoms with Crippen molar-refractivity contribution in [3.05, 3.63) is 0 Å². The van der Waals surface area contributed by atoms with Crippen LogP contribution in [0.15, 0.2) is 0 Å². The number of hydrogen-bond acceptors (Lipinski definition) is 5. The molecule has 7 nitrogen and oxygen atoms in total. The molecular weight excluding hydrogens is 240 g/mol. The van der Waals surface area contributed by atoms with Crippen molar-refractivity contribution < 1.29 is 4.79 Å². The quantitative estimate of drug-likeness (QED) is 0.669. The number of tetrazole rings is 1. The predicted molar refractivity (Wildman–Crippen MR) is 65.1 cm³/mol. The van der Waals surface area contributed by atoms with E-state index in [0.29, 0.717) is 0 Å². The van der Waals surface area contributed by atoms with Crippen LogP contribution in [0.3, 0.4) is 0 Å². The first-order valence-corrected chi connectivity index (χ1v) is 6.02. The molecule has 1 aromatic rings. The number of carbonyl (C=O) groups is 1. The second-order valence-electron chi connectivity index (χ2n) is 4.01. The van der Waals surface area contributed by atoms with Crippen LogP contribution in [-0.4, -0.2) is 31.6 Å². The number of amides is 1. The van der Waals surface area contributed by atoms with Gasteiger partial charge in [0.05, 0.1) is 0 Å². The molecular formula is C9H14N6OS. The summed E-state index contributed by atoms with van der Waals surface area (Å²) in [4.78, 5) is 11.8. The first-order chi connectivity index (χ1) is 8.25. The van der Waals surface area contributed by atoms with Crippen LogP contribution in [0.25, 0.3) is 0 Å². The van der Waals surface area contributed by atoms with Crippen LogP contribution >= 0.6 is 12.2 Å². The highest BCUT2D eigenvalue weighted by Gasteiger charge is 2.21. The topological polar surface area (TPSA) is 95.6 Å². The third-order valence-electron chi connectivity index (χ3n) is 2.78. The van der Waals surface area contributed by atoms with Crippen LogP contribution in [0.2, 0.25) is 0 Å². The number of aromatic nitrogens is 4. The Morgan fingerprint density at radius 3 is 2.76 bits per heavy atom. The number of rotatable bonds is 2. The maximum Gasteiger partial charge on any atom is 0.269 e. The van der Waals surface area contributed by atoms with E-state index in [1.54, 1.807) is 0 Å². The fourth-order valence-electron chi connectivity index (χ4n) is 1.93. The zero-order valence-corrected chi connectivity index (χ0v) is 10.1. The van der Waals surface area contributed by atoms with Gasteiger partial charge in [0.1, 0.15) is 0 Å². The molecule has 2 rings (SSSR count). The Kier molecular flexibility index (Phi) is 3.97. The normalized spacial score (nSPS) is 16.5. The summed E-state index contributed by atoms with van der Waals surface area (Å²) in [5.74, 6) is 0.304. The van der Waals surface area contributed by atoms with Gasteiger partial charge in [-0.3, -0.25) is 10.1 Å². The molecule has 1 aromatic heterocycles. The lowest BCUT2D eigenvalue weighted by atomic mass is 9.89. The molecule has 0 aliphatic heterocycles. The van der Waals surface area contributed by atoms with Crippen LogP contribution in [0.1, 0.15) is 32.1 Å². The van der Waals surface area contributed by atoms with E-state index in [2.05, 4.69) is 31.3 Å². The Morgan fingerprint density at radius 2 is 2.12 bits per heavy atom. The SMILES string of the molecule is O=C(NC(=S)Nc1nn[nH]n1)C1CCCCC1. The molecule has 0 aromatic carbocycles. The third kappa shape index (κ3) is 3.45. The third-order valence-corrected chi connectivity index (χ3v) is 2.99. The van der Waals surface area contributed by atoms with Crippen molar-refractivity contribution in [3.8, 4) is 0 Å². The molecule has 8 heteroatoms. The molecule has 1 heterocycles. The fourth-order valence-corrected chi connectivity index (χ4v) is 2.12. The molecule has 1 fully saturated rings. The molecule has 92 valence electrons. The summed E-state index contributed by atoms with van der Waals surface area (Å²) < 4.78 is 0. The van der Waals surface area contributed by atoms with E-state index in [4.69, 9.17) is 12.2 Å². The highest BCUT2D eigenvalue weighted by molar-refractivity contribution is 7.80. The molecule has 3 N–H and O–H groups in total. The van der Waals surface area contributed by atoms with Crippen LogP contribution in [0.5, 0.6) is 0 Å². The lowest BCUT2D eigenvalue weighted by molar-refractivity contribution is -0.124. The largest absolute Gasteiger partial charge is 0.303 e. The van der Waals surface area contributed by atoms with E-state index >= 15 is 0 Å². The summed E-state index contributed by atoms with van der Waals surface area (Å²) in [6.07, 6.45) is 5.33. The van der Waals surface area contributed by atoms with E-state index in [0.717, 1.165) is 25.7 Å². The van der Waals surface area contributed by atoms with Crippen LogP contribution in [0, 0.1) is 5.92 Å². The number of anilines is 1. The average molecular weight is 254 g/mol. The first kappa shape index (κ1) is 11.9. The van der Waals surface area contributed by atoms with Gasteiger partial charge in [0, 0.05) is 5.92 Å². The summed E-state index contributed by atoms with van der Waals surface area (Å²) in [5, 5.41) is 18.6. The Bertz CT molecular complexity index is 386. The number of aromatic amines is 1. The minimum Gasteiger partial charge on any atom is -0.303 e. The molecule has 1 saturated carbocycles. The number of H-pyrrole nitrogens is 1. The van der Waals surface area contributed by atoms with Gasteiger partial charge in [0.2, 0.25) is 5.91 Å². The second kappa shape index (κ2) is 5.67. The molecule has 0 spiro atoms. The summed E-state index contributed by atoms with van der Waals surface area (Å²) in [6.45, 7) is 0. The smallest absolute Gasteiger partial charge is 0.269 e. The number of nitrogens with one attached hydrogen (secondary N) is 3. The molecule has 1 aliphatic carbocycles. The zero-order chi connectivity index (χ0) is 12.1. The van der Waals surface area contributed by atoms with Crippen LogP contribution in [0.4, 0.5) is 5.95 Å². The summed E-state index contributed by atoms with van der Waals surface area (Å²) >= 11 is 4.98. The molecule has 0 atom stereocenters. The van der Waals surface area contributed by atoms with E-state index in [1.165, 1.54) is 6.42 Å². The monoisotopic (exact) mass is 254 g/mol. The first-order valence-electron chi connectivity index (χ1n) is 5.61. The van der Waals surface area contributed by atoms with Gasteiger partial charge in [-0.1, -0.05) is 24.4 Å². The zero-order valence-electron chi connectivity index (χ0n) is 9.27. The van der Waals surface area contributed by atoms with E-state index in [-0.39, 0.29) is 22.9 Å². The predicted octanol–water partition coefficient (Wildman–Crippen LogP) is 0.593. The van der Waals surface area contributed by atoms with Gasteiger partial charge < -0.3 is 5.32 Å². The number of hydrogen-bond donors (Lipinski definition) is 3. The second-order valence-corrected chi connectivity index (χ2v) is 4.42. The Balaban J connectivity index is 1.79. The highest BCUT2D eigenvalue weighted by Crippen LogP contribution is 2.23. The average Bonchev–Trinajstić information content (AvgIpc) is 2.82. The van der Waals surface area contributed by atoms with Gasteiger partial charge in [-0.15, -0.1) is 5.10 Å². The highest BCUT2D eigenvalue weighted by atomic mass is 32.1.